The Labute approximate surface area is 174 Å². The molecule has 1 aliphatic carbocycles. The second-order valence-electron chi connectivity index (χ2n) is 7.98. The molecule has 0 unspecified atom stereocenters. The van der Waals surface area contributed by atoms with Gasteiger partial charge in [-0.25, -0.2) is 4.79 Å². The zero-order valence-corrected chi connectivity index (χ0v) is 17.1. The molecule has 3 aliphatic rings. The van der Waals surface area contributed by atoms with Crippen LogP contribution in [0, 0.1) is 0 Å². The molecule has 1 spiro atoms. The van der Waals surface area contributed by atoms with E-state index in [-0.39, 0.29) is 19.0 Å². The van der Waals surface area contributed by atoms with Gasteiger partial charge in [-0.1, -0.05) is 24.3 Å². The Morgan fingerprint density at radius 2 is 1.93 bits per heavy atom. The molecule has 4 rings (SSSR count). The first-order valence-electron chi connectivity index (χ1n) is 10.2. The molecule has 0 aromatic heterocycles. The third-order valence-electron chi connectivity index (χ3n) is 6.11. The first-order valence-corrected chi connectivity index (χ1v) is 10.2. The van der Waals surface area contributed by atoms with Crippen LogP contribution in [-0.4, -0.2) is 84.9 Å². The fraction of sp³-hybridized carbons (Fsp3) is 0.524. The molecule has 9 nitrogen and oxygen atoms in total. The van der Waals surface area contributed by atoms with Crippen LogP contribution in [0.1, 0.15) is 24.0 Å². The maximum Gasteiger partial charge on any atom is 0.325 e. The van der Waals surface area contributed by atoms with E-state index in [4.69, 9.17) is 4.74 Å². The van der Waals surface area contributed by atoms with Gasteiger partial charge in [0.1, 0.15) is 12.1 Å². The number of aryl methyl sites for hydroxylation is 1. The molecule has 2 heterocycles. The van der Waals surface area contributed by atoms with Gasteiger partial charge in [0.05, 0.1) is 19.8 Å². The van der Waals surface area contributed by atoms with Crippen LogP contribution < -0.4 is 5.32 Å². The maximum atomic E-state index is 13.3. The number of rotatable bonds is 4. The summed E-state index contributed by atoms with van der Waals surface area (Å²) in [7, 11) is 1.50. The standard InChI is InChI=1S/C21H26N4O5/c1-23(13-18(27)24-9-11-30-12-10-24)17(26)14-25-19(28)21(22-20(25)29)8-4-6-15-5-2-3-7-16(15)21/h2-3,5,7H,4,6,8-14H2,1H3,(H,22,29)/t21-/m1/s1. The van der Waals surface area contributed by atoms with Crippen LogP contribution in [0.4, 0.5) is 4.79 Å². The summed E-state index contributed by atoms with van der Waals surface area (Å²) in [6.07, 6.45) is 2.13. The van der Waals surface area contributed by atoms with Gasteiger partial charge < -0.3 is 19.9 Å². The SMILES string of the molecule is CN(CC(=O)N1CCOCC1)C(=O)CN1C(=O)N[C@@]2(CCCc3ccccc32)C1=O. The van der Waals surface area contributed by atoms with Crippen molar-refractivity contribution in [3.8, 4) is 0 Å². The molecule has 2 aliphatic heterocycles. The number of urea groups is 1. The molecule has 1 N–H and O–H groups in total. The van der Waals surface area contributed by atoms with Crippen molar-refractivity contribution in [2.75, 3.05) is 46.4 Å². The van der Waals surface area contributed by atoms with Crippen molar-refractivity contribution < 1.29 is 23.9 Å². The van der Waals surface area contributed by atoms with E-state index >= 15 is 0 Å². The smallest absolute Gasteiger partial charge is 0.325 e. The quantitative estimate of drug-likeness (QED) is 0.704. The molecule has 0 radical (unpaired) electrons. The molecule has 1 aromatic carbocycles. The van der Waals surface area contributed by atoms with Crippen LogP contribution in [0.2, 0.25) is 0 Å². The van der Waals surface area contributed by atoms with E-state index in [9.17, 15) is 19.2 Å². The molecule has 1 atom stereocenters. The minimum absolute atomic E-state index is 0.101. The topological polar surface area (TPSA) is 99.3 Å². The van der Waals surface area contributed by atoms with E-state index in [1.807, 2.05) is 24.3 Å². The number of likely N-dealkylation sites (N-methyl/N-ethyl adjacent to an activating group) is 1. The fourth-order valence-electron chi connectivity index (χ4n) is 4.41. The minimum Gasteiger partial charge on any atom is -0.378 e. The lowest BCUT2D eigenvalue weighted by Gasteiger charge is -2.33. The van der Waals surface area contributed by atoms with Gasteiger partial charge in [-0.3, -0.25) is 19.3 Å². The predicted octanol–water partition coefficient (Wildman–Crippen LogP) is 0.0872. The lowest BCUT2D eigenvalue weighted by Crippen LogP contribution is -2.49. The summed E-state index contributed by atoms with van der Waals surface area (Å²) in [6, 6.07) is 7.03. The second kappa shape index (κ2) is 8.06. The lowest BCUT2D eigenvalue weighted by molar-refractivity contribution is -0.143. The van der Waals surface area contributed by atoms with Crippen LogP contribution in [0.5, 0.6) is 0 Å². The first kappa shape index (κ1) is 20.3. The highest BCUT2D eigenvalue weighted by atomic mass is 16.5. The number of hydrogen-bond donors (Lipinski definition) is 1. The van der Waals surface area contributed by atoms with Crippen LogP contribution in [0.25, 0.3) is 0 Å². The molecule has 30 heavy (non-hydrogen) atoms. The molecular formula is C21H26N4O5. The van der Waals surface area contributed by atoms with Crippen molar-refractivity contribution in [3.05, 3.63) is 35.4 Å². The summed E-state index contributed by atoms with van der Waals surface area (Å²) in [5.74, 6) is -1.04. The summed E-state index contributed by atoms with van der Waals surface area (Å²) in [5.41, 5.74) is 0.744. The maximum absolute atomic E-state index is 13.3. The van der Waals surface area contributed by atoms with Gasteiger partial charge in [-0.15, -0.1) is 0 Å². The van der Waals surface area contributed by atoms with Gasteiger partial charge in [0.25, 0.3) is 5.91 Å². The molecular weight excluding hydrogens is 388 g/mol. The molecule has 2 fully saturated rings. The predicted molar refractivity (Wildman–Crippen MR) is 106 cm³/mol. The number of hydrogen-bond acceptors (Lipinski definition) is 5. The van der Waals surface area contributed by atoms with E-state index < -0.39 is 23.4 Å². The molecule has 9 heteroatoms. The number of fused-ring (bicyclic) bond motifs is 2. The summed E-state index contributed by atoms with van der Waals surface area (Å²) < 4.78 is 5.23. The minimum atomic E-state index is -1.10. The van der Waals surface area contributed by atoms with Crippen LogP contribution in [0.3, 0.4) is 0 Å². The summed E-state index contributed by atoms with van der Waals surface area (Å²) in [4.78, 5) is 54.8. The Bertz CT molecular complexity index is 882. The van der Waals surface area contributed by atoms with Gasteiger partial charge in [-0.05, 0) is 30.4 Å². The zero-order chi connectivity index (χ0) is 21.3. The summed E-state index contributed by atoms with van der Waals surface area (Å²) in [6.45, 7) is 1.47. The molecule has 1 aromatic rings. The largest absolute Gasteiger partial charge is 0.378 e. The van der Waals surface area contributed by atoms with E-state index in [0.717, 1.165) is 28.9 Å². The Hall–Kier alpha value is -2.94. The van der Waals surface area contributed by atoms with Crippen molar-refractivity contribution in [3.63, 3.8) is 0 Å². The average molecular weight is 414 g/mol. The van der Waals surface area contributed by atoms with Crippen LogP contribution >= 0.6 is 0 Å². The number of carbonyl (C=O) groups is 4. The summed E-state index contributed by atoms with van der Waals surface area (Å²) >= 11 is 0. The molecule has 5 amide bonds. The molecule has 0 bridgehead atoms. The first-order chi connectivity index (χ1) is 14.4. The number of benzene rings is 1. The Kier molecular flexibility index (Phi) is 5.46. The number of amides is 5. The fourth-order valence-corrected chi connectivity index (χ4v) is 4.41. The van der Waals surface area contributed by atoms with Gasteiger partial charge in [0.15, 0.2) is 0 Å². The Balaban J connectivity index is 1.44. The number of carbonyl (C=O) groups excluding carboxylic acids is 4. The summed E-state index contributed by atoms with van der Waals surface area (Å²) in [5, 5.41) is 2.84. The Morgan fingerprint density at radius 3 is 2.70 bits per heavy atom. The number of morpholine rings is 1. The highest BCUT2D eigenvalue weighted by Crippen LogP contribution is 2.39. The average Bonchev–Trinajstić information content (AvgIpc) is 2.99. The molecule has 0 saturated carbocycles. The second-order valence-corrected chi connectivity index (χ2v) is 7.98. The number of nitrogens with zero attached hydrogens (tertiary/aromatic N) is 3. The lowest BCUT2D eigenvalue weighted by atomic mass is 9.76. The van der Waals surface area contributed by atoms with E-state index in [1.165, 1.54) is 11.9 Å². The zero-order valence-electron chi connectivity index (χ0n) is 17.1. The molecule has 160 valence electrons. The molecule has 2 saturated heterocycles. The number of ether oxygens (including phenoxy) is 1. The van der Waals surface area contributed by atoms with Gasteiger partial charge in [0.2, 0.25) is 11.8 Å². The van der Waals surface area contributed by atoms with Crippen LogP contribution in [-0.2, 0) is 31.1 Å². The van der Waals surface area contributed by atoms with Crippen molar-refractivity contribution in [1.82, 2.24) is 20.0 Å². The third kappa shape index (κ3) is 3.54. The van der Waals surface area contributed by atoms with E-state index in [2.05, 4.69) is 5.32 Å². The van der Waals surface area contributed by atoms with E-state index in [1.54, 1.807) is 4.90 Å². The normalized spacial score (nSPS) is 23.4. The highest BCUT2D eigenvalue weighted by Gasteiger charge is 2.54. The van der Waals surface area contributed by atoms with E-state index in [0.29, 0.717) is 32.7 Å². The number of imide groups is 1. The van der Waals surface area contributed by atoms with Crippen molar-refractivity contribution in [1.29, 1.82) is 0 Å². The monoisotopic (exact) mass is 414 g/mol. The van der Waals surface area contributed by atoms with Crippen molar-refractivity contribution >= 4 is 23.8 Å². The van der Waals surface area contributed by atoms with Crippen molar-refractivity contribution in [2.24, 2.45) is 0 Å². The number of nitrogens with one attached hydrogen (secondary N) is 1. The van der Waals surface area contributed by atoms with Gasteiger partial charge in [-0.2, -0.15) is 0 Å². The Morgan fingerprint density at radius 1 is 1.20 bits per heavy atom. The van der Waals surface area contributed by atoms with Crippen LogP contribution in [0.15, 0.2) is 24.3 Å². The third-order valence-corrected chi connectivity index (χ3v) is 6.11. The van der Waals surface area contributed by atoms with Gasteiger partial charge >= 0.3 is 6.03 Å². The highest BCUT2D eigenvalue weighted by molar-refractivity contribution is 6.09. The van der Waals surface area contributed by atoms with Crippen molar-refractivity contribution in [2.45, 2.75) is 24.8 Å². The van der Waals surface area contributed by atoms with Gasteiger partial charge in [0, 0.05) is 20.1 Å².